The van der Waals surface area contributed by atoms with Crippen LogP contribution in [0, 0.1) is 17.0 Å². The Morgan fingerprint density at radius 1 is 1.41 bits per heavy atom. The van der Waals surface area contributed by atoms with Crippen LogP contribution in [0.4, 0.5) is 11.4 Å². The highest BCUT2D eigenvalue weighted by molar-refractivity contribution is 7.90. The smallest absolute Gasteiger partial charge is 0.310 e. The van der Waals surface area contributed by atoms with E-state index in [0.717, 1.165) is 6.26 Å². The van der Waals surface area contributed by atoms with E-state index >= 15 is 0 Å². The molecule has 9 nitrogen and oxygen atoms in total. The van der Waals surface area contributed by atoms with Crippen molar-refractivity contribution in [2.75, 3.05) is 18.1 Å². The Bertz CT molecular complexity index is 800. The first kappa shape index (κ1) is 15.9. The molecule has 0 aliphatic rings. The highest BCUT2D eigenvalue weighted by Gasteiger charge is 2.25. The number of hydrogen-bond acceptors (Lipinski definition) is 8. The van der Waals surface area contributed by atoms with Gasteiger partial charge < -0.3 is 9.84 Å². The van der Waals surface area contributed by atoms with Gasteiger partial charge in [0, 0.05) is 19.2 Å². The molecule has 2 rings (SSSR count). The second-order valence-corrected chi connectivity index (χ2v) is 6.58. The number of hydrogen-bond donors (Lipinski definition) is 1. The van der Waals surface area contributed by atoms with E-state index in [9.17, 15) is 18.5 Å². The molecule has 0 spiro atoms. The molecule has 0 unspecified atom stereocenters. The van der Waals surface area contributed by atoms with Crippen molar-refractivity contribution < 1.29 is 17.9 Å². The molecule has 0 radical (unpaired) electrons. The normalized spacial score (nSPS) is 11.4. The molecule has 0 amide bonds. The van der Waals surface area contributed by atoms with Crippen molar-refractivity contribution in [3.05, 3.63) is 40.0 Å². The lowest BCUT2D eigenvalue weighted by Gasteiger charge is -2.08. The molecule has 0 atom stereocenters. The molecule has 0 fully saturated rings. The maximum absolute atomic E-state index is 11.6. The third-order valence-corrected chi connectivity index (χ3v) is 3.93. The predicted octanol–water partition coefficient (Wildman–Crippen LogP) is 1.34. The number of nitro benzene ring substituents is 1. The van der Waals surface area contributed by atoms with Crippen LogP contribution in [0.25, 0.3) is 0 Å². The fraction of sp³-hybridized carbons (Fsp3) is 0.333. The number of para-hydroxylation sites is 1. The second kappa shape index (κ2) is 6.10. The Morgan fingerprint density at radius 2 is 2.14 bits per heavy atom. The lowest BCUT2D eigenvalue weighted by Crippen LogP contribution is -2.10. The van der Waals surface area contributed by atoms with Crippen molar-refractivity contribution in [3.63, 3.8) is 0 Å². The van der Waals surface area contributed by atoms with Gasteiger partial charge in [-0.05, 0) is 19.1 Å². The van der Waals surface area contributed by atoms with Gasteiger partial charge >= 0.3 is 5.69 Å². The van der Waals surface area contributed by atoms with Crippen LogP contribution in [-0.4, -0.2) is 36.3 Å². The third kappa shape index (κ3) is 3.58. The van der Waals surface area contributed by atoms with Crippen LogP contribution in [0.2, 0.25) is 0 Å². The van der Waals surface area contributed by atoms with E-state index in [0.29, 0.717) is 18.1 Å². The number of rotatable bonds is 6. The molecule has 1 N–H and O–H groups in total. The van der Waals surface area contributed by atoms with E-state index in [1.807, 2.05) is 0 Å². The molecule has 0 bridgehead atoms. The average molecular weight is 326 g/mol. The topological polar surface area (TPSA) is 128 Å². The van der Waals surface area contributed by atoms with Crippen LogP contribution in [0.5, 0.6) is 0 Å². The van der Waals surface area contributed by atoms with E-state index in [1.165, 1.54) is 18.2 Å². The number of anilines is 1. The number of sulfone groups is 1. The summed E-state index contributed by atoms with van der Waals surface area (Å²) in [5.41, 5.74) is -0.337. The molecular formula is C12H14N4O5S. The Hall–Kier alpha value is -2.49. The Morgan fingerprint density at radius 3 is 2.68 bits per heavy atom. The summed E-state index contributed by atoms with van der Waals surface area (Å²) in [6.45, 7) is 1.97. The minimum atomic E-state index is -3.70. The Balaban J connectivity index is 2.22. The van der Waals surface area contributed by atoms with Gasteiger partial charge in [-0.2, -0.15) is 4.98 Å². The molecule has 0 aliphatic heterocycles. The molecule has 118 valence electrons. The molecule has 0 saturated carbocycles. The monoisotopic (exact) mass is 326 g/mol. The standard InChI is InChI=1S/C12H14N4O5S/c1-8-14-11(21-15-8)6-7-13-9-4-3-5-10(22(2,19)20)12(9)16(17)18/h3-5,13H,6-7H2,1-2H3. The maximum Gasteiger partial charge on any atom is 0.310 e. The molecule has 1 heterocycles. The number of nitrogens with zero attached hydrogens (tertiary/aromatic N) is 3. The van der Waals surface area contributed by atoms with Gasteiger partial charge in [0.25, 0.3) is 0 Å². The fourth-order valence-electron chi connectivity index (χ4n) is 1.90. The van der Waals surface area contributed by atoms with E-state index < -0.39 is 20.4 Å². The predicted molar refractivity (Wildman–Crippen MR) is 77.4 cm³/mol. The van der Waals surface area contributed by atoms with Gasteiger partial charge in [0.05, 0.1) is 4.92 Å². The molecule has 1 aromatic carbocycles. The lowest BCUT2D eigenvalue weighted by atomic mass is 10.2. The highest BCUT2D eigenvalue weighted by Crippen LogP contribution is 2.31. The van der Waals surface area contributed by atoms with Crippen molar-refractivity contribution >= 4 is 21.2 Å². The van der Waals surface area contributed by atoms with Crippen molar-refractivity contribution in [2.45, 2.75) is 18.2 Å². The highest BCUT2D eigenvalue weighted by atomic mass is 32.2. The van der Waals surface area contributed by atoms with Crippen molar-refractivity contribution in [2.24, 2.45) is 0 Å². The Labute approximate surface area is 126 Å². The van der Waals surface area contributed by atoms with Crippen LogP contribution < -0.4 is 5.32 Å². The zero-order valence-electron chi connectivity index (χ0n) is 11.9. The third-order valence-electron chi connectivity index (χ3n) is 2.81. The van der Waals surface area contributed by atoms with Crippen LogP contribution >= 0.6 is 0 Å². The number of aromatic nitrogens is 2. The van der Waals surface area contributed by atoms with E-state index in [2.05, 4.69) is 15.5 Å². The van der Waals surface area contributed by atoms with Gasteiger partial charge in [0.2, 0.25) is 5.89 Å². The quantitative estimate of drug-likeness (QED) is 0.622. The largest absolute Gasteiger partial charge is 0.379 e. The van der Waals surface area contributed by atoms with Crippen LogP contribution in [0.3, 0.4) is 0 Å². The minimum absolute atomic E-state index is 0.129. The first-order valence-corrected chi connectivity index (χ1v) is 8.18. The van der Waals surface area contributed by atoms with Gasteiger partial charge in [-0.3, -0.25) is 10.1 Å². The molecule has 1 aromatic heterocycles. The Kier molecular flexibility index (Phi) is 4.40. The van der Waals surface area contributed by atoms with Crippen LogP contribution in [-0.2, 0) is 16.3 Å². The number of benzene rings is 1. The zero-order chi connectivity index (χ0) is 16.3. The maximum atomic E-state index is 11.6. The summed E-state index contributed by atoms with van der Waals surface area (Å²) < 4.78 is 28.2. The van der Waals surface area contributed by atoms with E-state index in [-0.39, 0.29) is 17.1 Å². The molecule has 0 saturated heterocycles. The van der Waals surface area contributed by atoms with E-state index in [4.69, 9.17) is 4.52 Å². The SMILES string of the molecule is Cc1noc(CCNc2cccc(S(C)(=O)=O)c2[N+](=O)[O-])n1. The minimum Gasteiger partial charge on any atom is -0.379 e. The van der Waals surface area contributed by atoms with Gasteiger partial charge in [-0.1, -0.05) is 11.2 Å². The van der Waals surface area contributed by atoms with Gasteiger partial charge in [0.15, 0.2) is 15.7 Å². The second-order valence-electron chi connectivity index (χ2n) is 4.59. The first-order valence-electron chi connectivity index (χ1n) is 6.29. The molecular weight excluding hydrogens is 312 g/mol. The summed E-state index contributed by atoms with van der Waals surface area (Å²) >= 11 is 0. The molecule has 10 heteroatoms. The molecule has 22 heavy (non-hydrogen) atoms. The molecule has 2 aromatic rings. The number of nitrogens with one attached hydrogen (secondary N) is 1. The number of nitro groups is 1. The van der Waals surface area contributed by atoms with Crippen molar-refractivity contribution in [1.29, 1.82) is 0 Å². The number of aryl methyl sites for hydroxylation is 1. The summed E-state index contributed by atoms with van der Waals surface area (Å²) in [6, 6.07) is 4.11. The fourth-order valence-corrected chi connectivity index (χ4v) is 2.76. The lowest BCUT2D eigenvalue weighted by molar-refractivity contribution is -0.386. The summed E-state index contributed by atoms with van der Waals surface area (Å²) in [7, 11) is -3.70. The van der Waals surface area contributed by atoms with Gasteiger partial charge in [-0.25, -0.2) is 8.42 Å². The van der Waals surface area contributed by atoms with E-state index in [1.54, 1.807) is 6.92 Å². The molecule has 0 aliphatic carbocycles. The average Bonchev–Trinajstić information content (AvgIpc) is 2.83. The van der Waals surface area contributed by atoms with Crippen LogP contribution in [0.15, 0.2) is 27.6 Å². The van der Waals surface area contributed by atoms with Gasteiger partial charge in [-0.15, -0.1) is 0 Å². The van der Waals surface area contributed by atoms with Gasteiger partial charge in [0.1, 0.15) is 10.6 Å². The summed E-state index contributed by atoms with van der Waals surface area (Å²) in [4.78, 5) is 14.2. The van der Waals surface area contributed by atoms with Crippen molar-refractivity contribution in [3.8, 4) is 0 Å². The summed E-state index contributed by atoms with van der Waals surface area (Å²) in [6.07, 6.45) is 1.29. The first-order chi connectivity index (χ1) is 10.3. The zero-order valence-corrected chi connectivity index (χ0v) is 12.8. The summed E-state index contributed by atoms with van der Waals surface area (Å²) in [5.74, 6) is 0.895. The summed E-state index contributed by atoms with van der Waals surface area (Å²) in [5, 5.41) is 17.6. The van der Waals surface area contributed by atoms with Crippen LogP contribution in [0.1, 0.15) is 11.7 Å². The van der Waals surface area contributed by atoms with Crippen molar-refractivity contribution in [1.82, 2.24) is 10.1 Å².